The van der Waals surface area contributed by atoms with E-state index in [4.69, 9.17) is 0 Å². The maximum Gasteiger partial charge on any atom is 0.213 e. The minimum atomic E-state index is 0.0109. The minimum absolute atomic E-state index is 0.0109. The average Bonchev–Trinajstić information content (AvgIpc) is 3.35. The first-order valence-corrected chi connectivity index (χ1v) is 16.5. The summed E-state index contributed by atoms with van der Waals surface area (Å²) in [6.07, 6.45) is 0. The third-order valence-electron chi connectivity index (χ3n) is 10.2. The molecule has 0 aliphatic heterocycles. The van der Waals surface area contributed by atoms with Crippen LogP contribution in [0.25, 0.3) is 67.0 Å². The first-order valence-electron chi connectivity index (χ1n) is 16.5. The lowest BCUT2D eigenvalue weighted by Gasteiger charge is -2.21. The first kappa shape index (κ1) is 28.9. The summed E-state index contributed by atoms with van der Waals surface area (Å²) in [4.78, 5) is 0. The Labute approximate surface area is 278 Å². The van der Waals surface area contributed by atoms with Crippen LogP contribution in [0.15, 0.2) is 158 Å². The van der Waals surface area contributed by atoms with Crippen molar-refractivity contribution >= 4 is 0 Å². The Morgan fingerprint density at radius 1 is 0.383 bits per heavy atom. The van der Waals surface area contributed by atoms with E-state index in [0.717, 1.165) is 0 Å². The number of hydrogen-bond acceptors (Lipinski definition) is 0. The highest BCUT2D eigenvalue weighted by atomic mass is 14.9. The monoisotopic (exact) mass is 604 g/mol. The lowest BCUT2D eigenvalue weighted by Crippen LogP contribution is -2.34. The van der Waals surface area contributed by atoms with Gasteiger partial charge in [0, 0.05) is 28.7 Å². The van der Waals surface area contributed by atoms with E-state index in [-0.39, 0.29) is 5.41 Å². The molecule has 0 fully saturated rings. The van der Waals surface area contributed by atoms with E-state index in [2.05, 4.69) is 190 Å². The Hall–Kier alpha value is -5.53. The molecule has 1 aliphatic carbocycles. The molecule has 1 nitrogen and oxygen atoms in total. The van der Waals surface area contributed by atoms with Gasteiger partial charge >= 0.3 is 0 Å². The van der Waals surface area contributed by atoms with Gasteiger partial charge in [-0.25, -0.2) is 0 Å². The Morgan fingerprint density at radius 3 is 1.53 bits per heavy atom. The van der Waals surface area contributed by atoms with Crippen molar-refractivity contribution in [3.63, 3.8) is 0 Å². The fourth-order valence-corrected chi connectivity index (χ4v) is 7.61. The molecule has 0 spiro atoms. The van der Waals surface area contributed by atoms with Crippen LogP contribution in [0.2, 0.25) is 0 Å². The van der Waals surface area contributed by atoms with Crippen molar-refractivity contribution in [1.82, 2.24) is 0 Å². The molecule has 7 aromatic rings. The maximum atomic E-state index is 2.41. The van der Waals surface area contributed by atoms with Gasteiger partial charge in [0.25, 0.3) is 0 Å². The van der Waals surface area contributed by atoms with Crippen LogP contribution in [0.3, 0.4) is 0 Å². The Bertz CT molecular complexity index is 2220. The number of fused-ring (bicyclic) bond motifs is 3. The Kier molecular flexibility index (Phi) is 6.99. The molecule has 0 N–H and O–H groups in total. The molecule has 47 heavy (non-hydrogen) atoms. The van der Waals surface area contributed by atoms with Gasteiger partial charge in [0.1, 0.15) is 7.05 Å². The summed E-state index contributed by atoms with van der Waals surface area (Å²) in [7, 11) is 2.16. The van der Waals surface area contributed by atoms with E-state index in [1.807, 2.05) is 0 Å². The standard InChI is InChI=1S/C46H38N/c1-31-38(22-14-23-39(31)36-25-26-43-41(28-36)40-21-11-12-24-42(40)46(43,2)3)35-20-13-19-34(27-35)37-29-44(32-15-7-5-8-16-32)47(4)45(30-37)33-17-9-6-10-18-33/h5-30H,1-4H3/q+1. The number of hydrogen-bond donors (Lipinski definition) is 0. The van der Waals surface area contributed by atoms with E-state index in [0.29, 0.717) is 0 Å². The van der Waals surface area contributed by atoms with Gasteiger partial charge in [-0.05, 0) is 105 Å². The molecule has 0 saturated heterocycles. The van der Waals surface area contributed by atoms with Crippen molar-refractivity contribution in [2.75, 3.05) is 0 Å². The van der Waals surface area contributed by atoms with Crippen LogP contribution in [0.4, 0.5) is 0 Å². The summed E-state index contributed by atoms with van der Waals surface area (Å²) in [5.74, 6) is 0. The third kappa shape index (κ3) is 4.91. The molecule has 0 bridgehead atoms. The molecule has 8 rings (SSSR count). The summed E-state index contributed by atoms with van der Waals surface area (Å²) in [5.41, 5.74) is 19.1. The molecule has 1 heteroatoms. The zero-order valence-corrected chi connectivity index (χ0v) is 27.5. The van der Waals surface area contributed by atoms with Gasteiger partial charge in [0.15, 0.2) is 0 Å². The van der Waals surface area contributed by atoms with Crippen LogP contribution in [-0.4, -0.2) is 0 Å². The molecule has 0 amide bonds. The first-order chi connectivity index (χ1) is 22.9. The van der Waals surface area contributed by atoms with E-state index < -0.39 is 0 Å². The SMILES string of the molecule is Cc1c(-c2cccc(-c3cc(-c4ccccc4)[n+](C)c(-c4ccccc4)c3)c2)cccc1-c1ccc2c(c1)-c1ccccc1C2(C)C. The fourth-order valence-electron chi connectivity index (χ4n) is 7.61. The molecule has 1 aromatic heterocycles. The molecular weight excluding hydrogens is 567 g/mol. The molecule has 226 valence electrons. The van der Waals surface area contributed by atoms with Crippen LogP contribution in [0.5, 0.6) is 0 Å². The van der Waals surface area contributed by atoms with Crippen molar-refractivity contribution < 1.29 is 4.57 Å². The molecule has 0 saturated carbocycles. The number of nitrogens with zero attached hydrogens (tertiary/aromatic N) is 1. The van der Waals surface area contributed by atoms with Crippen molar-refractivity contribution in [3.8, 4) is 67.0 Å². The zero-order valence-electron chi connectivity index (χ0n) is 27.5. The van der Waals surface area contributed by atoms with Gasteiger partial charge in [-0.3, -0.25) is 0 Å². The molecule has 0 atom stereocenters. The molecule has 6 aromatic carbocycles. The van der Waals surface area contributed by atoms with Crippen LogP contribution in [0.1, 0.15) is 30.5 Å². The normalized spacial score (nSPS) is 12.9. The molecule has 1 aliphatic rings. The number of aromatic nitrogens is 1. The van der Waals surface area contributed by atoms with E-state index >= 15 is 0 Å². The Balaban J connectivity index is 1.23. The quantitative estimate of drug-likeness (QED) is 0.172. The van der Waals surface area contributed by atoms with Gasteiger partial charge in [-0.2, -0.15) is 4.57 Å². The van der Waals surface area contributed by atoms with Gasteiger partial charge in [0.05, 0.1) is 0 Å². The average molecular weight is 605 g/mol. The van der Waals surface area contributed by atoms with Crippen LogP contribution >= 0.6 is 0 Å². The second-order valence-corrected chi connectivity index (χ2v) is 13.3. The van der Waals surface area contributed by atoms with Crippen LogP contribution in [0, 0.1) is 6.92 Å². The molecule has 0 radical (unpaired) electrons. The fraction of sp³-hybridized carbons (Fsp3) is 0.109. The number of rotatable bonds is 5. The predicted octanol–water partition coefficient (Wildman–Crippen LogP) is 11.5. The zero-order chi connectivity index (χ0) is 32.1. The summed E-state index contributed by atoms with van der Waals surface area (Å²) in [6.45, 7) is 6.95. The third-order valence-corrected chi connectivity index (χ3v) is 10.2. The van der Waals surface area contributed by atoms with E-state index in [1.165, 1.54) is 83.7 Å². The summed E-state index contributed by atoms with van der Waals surface area (Å²) < 4.78 is 2.31. The molecule has 1 heterocycles. The van der Waals surface area contributed by atoms with Gasteiger partial charge in [-0.15, -0.1) is 0 Å². The van der Waals surface area contributed by atoms with E-state index in [1.54, 1.807) is 0 Å². The second-order valence-electron chi connectivity index (χ2n) is 13.3. The summed E-state index contributed by atoms with van der Waals surface area (Å²) in [6, 6.07) is 57.8. The van der Waals surface area contributed by atoms with Crippen molar-refractivity contribution in [3.05, 3.63) is 174 Å². The summed E-state index contributed by atoms with van der Waals surface area (Å²) >= 11 is 0. The lowest BCUT2D eigenvalue weighted by atomic mass is 9.82. The van der Waals surface area contributed by atoms with Crippen molar-refractivity contribution in [1.29, 1.82) is 0 Å². The lowest BCUT2D eigenvalue weighted by molar-refractivity contribution is -0.649. The van der Waals surface area contributed by atoms with Crippen LogP contribution in [-0.2, 0) is 12.5 Å². The highest BCUT2D eigenvalue weighted by molar-refractivity contribution is 5.87. The molecule has 0 unspecified atom stereocenters. The highest BCUT2D eigenvalue weighted by Gasteiger charge is 2.35. The van der Waals surface area contributed by atoms with Crippen molar-refractivity contribution in [2.45, 2.75) is 26.2 Å². The number of pyridine rings is 1. The van der Waals surface area contributed by atoms with Crippen molar-refractivity contribution in [2.24, 2.45) is 7.05 Å². The largest absolute Gasteiger partial charge is 0.213 e. The van der Waals surface area contributed by atoms with Gasteiger partial charge in [0.2, 0.25) is 11.4 Å². The summed E-state index contributed by atoms with van der Waals surface area (Å²) in [5, 5.41) is 0. The Morgan fingerprint density at radius 2 is 0.872 bits per heavy atom. The predicted molar refractivity (Wildman–Crippen MR) is 197 cm³/mol. The molecular formula is C46H38N+. The van der Waals surface area contributed by atoms with Gasteiger partial charge in [-0.1, -0.05) is 123 Å². The van der Waals surface area contributed by atoms with E-state index in [9.17, 15) is 0 Å². The van der Waals surface area contributed by atoms with Crippen LogP contribution < -0.4 is 4.57 Å². The minimum Gasteiger partial charge on any atom is -0.194 e. The highest BCUT2D eigenvalue weighted by Crippen LogP contribution is 2.49. The topological polar surface area (TPSA) is 3.88 Å². The number of benzene rings is 6. The smallest absolute Gasteiger partial charge is 0.194 e. The van der Waals surface area contributed by atoms with Gasteiger partial charge < -0.3 is 0 Å². The second kappa shape index (κ2) is 11.4. The maximum absolute atomic E-state index is 2.41.